The van der Waals surface area contributed by atoms with Gasteiger partial charge in [0, 0.05) is 38.5 Å². The lowest BCUT2D eigenvalue weighted by Crippen LogP contribution is -2.58. The molecule has 1 heterocycles. The number of piperidine rings is 1. The summed E-state index contributed by atoms with van der Waals surface area (Å²) in [6, 6.07) is 6.29. The number of nitrogens with one attached hydrogen (secondary N) is 3. The molecule has 0 spiro atoms. The monoisotopic (exact) mass is 366 g/mol. The van der Waals surface area contributed by atoms with E-state index in [0.29, 0.717) is 11.1 Å². The van der Waals surface area contributed by atoms with Crippen LogP contribution in [0.2, 0.25) is 0 Å². The summed E-state index contributed by atoms with van der Waals surface area (Å²) < 4.78 is 26.5. The number of rotatable bonds is 5. The van der Waals surface area contributed by atoms with Crippen molar-refractivity contribution in [3.63, 3.8) is 0 Å². The molecule has 2 amide bonds. The summed E-state index contributed by atoms with van der Waals surface area (Å²) in [5, 5.41) is 13.7. The number of nitrogens with zero attached hydrogens (tertiary/aromatic N) is 1. The zero-order chi connectivity index (χ0) is 19.5. The van der Waals surface area contributed by atoms with E-state index in [9.17, 15) is 18.4 Å². The molecule has 1 aromatic carbocycles. The number of hydrogen-bond donors (Lipinski definition) is 3. The van der Waals surface area contributed by atoms with Gasteiger partial charge in [-0.25, -0.2) is 8.78 Å². The summed E-state index contributed by atoms with van der Waals surface area (Å²) in [6.07, 6.45) is -0.651. The summed E-state index contributed by atoms with van der Waals surface area (Å²) in [4.78, 5) is 25.9. The first kappa shape index (κ1) is 20.0. The molecular weight excluding hydrogens is 342 g/mol. The van der Waals surface area contributed by atoms with Crippen LogP contribution >= 0.6 is 0 Å². The summed E-state index contributed by atoms with van der Waals surface area (Å²) in [6.45, 7) is 1.65. The van der Waals surface area contributed by atoms with E-state index < -0.39 is 11.5 Å². The van der Waals surface area contributed by atoms with E-state index in [0.717, 1.165) is 0 Å². The normalized spacial score (nSPS) is 18.7. The molecule has 1 unspecified atom stereocenters. The Hall–Kier alpha value is -2.35. The fraction of sp³-hybridized carbons (Fsp3) is 0.500. The van der Waals surface area contributed by atoms with Crippen molar-refractivity contribution in [2.45, 2.75) is 31.2 Å². The zero-order valence-electron chi connectivity index (χ0n) is 15.2. The molecule has 1 saturated heterocycles. The molecule has 26 heavy (non-hydrogen) atoms. The number of alkyl halides is 2. The molecule has 0 aromatic heterocycles. The van der Waals surface area contributed by atoms with Gasteiger partial charge in [-0.1, -0.05) is 12.1 Å². The first-order valence-electron chi connectivity index (χ1n) is 8.42. The maximum atomic E-state index is 13.2. The van der Waals surface area contributed by atoms with Gasteiger partial charge in [-0.05, 0) is 31.7 Å². The number of benzene rings is 1. The maximum absolute atomic E-state index is 13.2. The molecule has 3 N–H and O–H groups in total. The van der Waals surface area contributed by atoms with Gasteiger partial charge in [0.1, 0.15) is 5.54 Å². The Kier molecular flexibility index (Phi) is 5.75. The van der Waals surface area contributed by atoms with E-state index >= 15 is 0 Å². The molecule has 0 aliphatic carbocycles. The van der Waals surface area contributed by atoms with E-state index in [1.54, 1.807) is 38.2 Å². The van der Waals surface area contributed by atoms with Crippen molar-refractivity contribution in [2.75, 3.05) is 27.2 Å². The minimum absolute atomic E-state index is 0.0257. The van der Waals surface area contributed by atoms with Gasteiger partial charge < -0.3 is 20.9 Å². The van der Waals surface area contributed by atoms with E-state index in [4.69, 9.17) is 5.41 Å². The Morgan fingerprint density at radius 2 is 1.62 bits per heavy atom. The van der Waals surface area contributed by atoms with Crippen LogP contribution in [0.1, 0.15) is 35.7 Å². The Labute approximate surface area is 151 Å². The number of carbonyl (C=O) groups excluding carboxylic acids is 2. The van der Waals surface area contributed by atoms with Crippen molar-refractivity contribution in [2.24, 2.45) is 0 Å². The van der Waals surface area contributed by atoms with Crippen molar-refractivity contribution < 1.29 is 18.4 Å². The molecule has 2 rings (SSSR count). The summed E-state index contributed by atoms with van der Waals surface area (Å²) in [7, 11) is 3.09. The Balaban J connectivity index is 2.14. The van der Waals surface area contributed by atoms with E-state index in [-0.39, 0.29) is 43.5 Å². The Morgan fingerprint density at radius 3 is 2.08 bits per heavy atom. The quantitative estimate of drug-likeness (QED) is 0.693. The third kappa shape index (κ3) is 3.90. The number of amides is 2. The minimum atomic E-state index is -2.70. The highest BCUT2D eigenvalue weighted by Gasteiger charge is 2.37. The molecule has 1 aliphatic heterocycles. The summed E-state index contributed by atoms with van der Waals surface area (Å²) in [5.74, 6) is -3.35. The van der Waals surface area contributed by atoms with Gasteiger partial charge in [0.05, 0.1) is 5.71 Å². The van der Waals surface area contributed by atoms with Crippen LogP contribution in [0.5, 0.6) is 0 Å². The fourth-order valence-corrected chi connectivity index (χ4v) is 2.89. The van der Waals surface area contributed by atoms with Crippen LogP contribution in [-0.2, 0) is 4.79 Å². The number of hydrogen-bond acceptors (Lipinski definition) is 4. The number of likely N-dealkylation sites (tertiary alicyclic amines) is 1. The van der Waals surface area contributed by atoms with Crippen LogP contribution in [0.15, 0.2) is 24.3 Å². The highest BCUT2D eigenvalue weighted by atomic mass is 19.3. The largest absolute Gasteiger partial charge is 0.357 e. The van der Waals surface area contributed by atoms with E-state index in [1.807, 2.05) is 0 Å². The smallest absolute Gasteiger partial charge is 0.253 e. The lowest BCUT2D eigenvalue weighted by atomic mass is 9.89. The van der Waals surface area contributed by atoms with Gasteiger partial charge in [0.2, 0.25) is 5.91 Å². The number of likely N-dealkylation sites (N-methyl/N-ethyl adjacent to an activating group) is 2. The third-order valence-corrected chi connectivity index (χ3v) is 4.88. The molecule has 142 valence electrons. The van der Waals surface area contributed by atoms with Gasteiger partial charge in [0.15, 0.2) is 0 Å². The third-order valence-electron chi connectivity index (χ3n) is 4.88. The average Bonchev–Trinajstić information content (AvgIpc) is 2.65. The van der Waals surface area contributed by atoms with Gasteiger partial charge in [-0.15, -0.1) is 0 Å². The predicted octanol–water partition coefficient (Wildman–Crippen LogP) is 1.65. The minimum Gasteiger partial charge on any atom is -0.357 e. The van der Waals surface area contributed by atoms with Gasteiger partial charge >= 0.3 is 0 Å². The average molecular weight is 366 g/mol. The Bertz CT molecular complexity index is 696. The number of carbonyl (C=O) groups is 2. The van der Waals surface area contributed by atoms with Crippen LogP contribution in [0.25, 0.3) is 0 Å². The van der Waals surface area contributed by atoms with Crippen molar-refractivity contribution in [3.05, 3.63) is 35.4 Å². The van der Waals surface area contributed by atoms with Crippen LogP contribution in [-0.4, -0.2) is 61.1 Å². The van der Waals surface area contributed by atoms with Crippen molar-refractivity contribution in [3.8, 4) is 0 Å². The molecule has 1 aromatic rings. The molecule has 1 fully saturated rings. The number of halogens is 2. The lowest BCUT2D eigenvalue weighted by molar-refractivity contribution is -0.123. The summed E-state index contributed by atoms with van der Waals surface area (Å²) in [5.41, 5.74) is -0.278. The molecule has 6 nitrogen and oxygen atoms in total. The van der Waals surface area contributed by atoms with E-state index in [1.165, 1.54) is 11.9 Å². The van der Waals surface area contributed by atoms with Gasteiger partial charge in [-0.2, -0.15) is 0 Å². The SMILES string of the molecule is CNC(=O)C(C)(NC)C(=N)c1ccc(C(=O)N2CCC(F)(F)CC2)cc1. The fourth-order valence-electron chi connectivity index (χ4n) is 2.89. The van der Waals surface area contributed by atoms with Crippen LogP contribution < -0.4 is 10.6 Å². The molecule has 1 aliphatic rings. The second-order valence-corrected chi connectivity index (χ2v) is 6.55. The maximum Gasteiger partial charge on any atom is 0.253 e. The van der Waals surface area contributed by atoms with Gasteiger partial charge in [-0.3, -0.25) is 9.59 Å². The second kappa shape index (κ2) is 7.49. The van der Waals surface area contributed by atoms with Gasteiger partial charge in [0.25, 0.3) is 11.8 Å². The summed E-state index contributed by atoms with van der Waals surface area (Å²) >= 11 is 0. The van der Waals surface area contributed by atoms with Crippen molar-refractivity contribution >= 4 is 17.5 Å². The van der Waals surface area contributed by atoms with E-state index in [2.05, 4.69) is 10.6 Å². The molecule has 1 atom stereocenters. The second-order valence-electron chi connectivity index (χ2n) is 6.55. The lowest BCUT2D eigenvalue weighted by Gasteiger charge is -2.32. The van der Waals surface area contributed by atoms with Crippen LogP contribution in [0, 0.1) is 5.41 Å². The first-order valence-corrected chi connectivity index (χ1v) is 8.42. The molecule has 0 saturated carbocycles. The van der Waals surface area contributed by atoms with Crippen molar-refractivity contribution in [1.29, 1.82) is 5.41 Å². The highest BCUT2D eigenvalue weighted by Crippen LogP contribution is 2.28. The zero-order valence-corrected chi connectivity index (χ0v) is 15.2. The molecule has 0 radical (unpaired) electrons. The topological polar surface area (TPSA) is 85.3 Å². The predicted molar refractivity (Wildman–Crippen MR) is 94.9 cm³/mol. The molecule has 0 bridgehead atoms. The standard InChI is InChI=1S/C18H24F2N4O2/c1-17(23-3,16(26)22-2)14(21)12-4-6-13(7-5-12)15(25)24-10-8-18(19,20)9-11-24/h4-7,21,23H,8-11H2,1-3H3,(H,22,26). The van der Waals surface area contributed by atoms with Crippen molar-refractivity contribution in [1.82, 2.24) is 15.5 Å². The Morgan fingerprint density at radius 1 is 1.12 bits per heavy atom. The molecule has 8 heteroatoms. The highest BCUT2D eigenvalue weighted by molar-refractivity contribution is 6.19. The first-order chi connectivity index (χ1) is 12.1. The molecular formula is C18H24F2N4O2. The van der Waals surface area contributed by atoms with Crippen LogP contribution in [0.3, 0.4) is 0 Å². The van der Waals surface area contributed by atoms with Crippen LogP contribution in [0.4, 0.5) is 8.78 Å².